The third kappa shape index (κ3) is 4.90. The van der Waals surface area contributed by atoms with Crippen LogP contribution in [0.15, 0.2) is 24.3 Å². The predicted molar refractivity (Wildman–Crippen MR) is 90.9 cm³/mol. The molecule has 0 fully saturated rings. The van der Waals surface area contributed by atoms with Gasteiger partial charge in [0.25, 0.3) is 0 Å². The number of esters is 1. The van der Waals surface area contributed by atoms with Gasteiger partial charge in [0.2, 0.25) is 0 Å². The Kier molecular flexibility index (Phi) is 7.97. The highest BCUT2D eigenvalue weighted by Gasteiger charge is 2.46. The molecule has 1 aromatic rings. The van der Waals surface area contributed by atoms with Crippen LogP contribution in [0.5, 0.6) is 0 Å². The summed E-state index contributed by atoms with van der Waals surface area (Å²) in [7, 11) is -3.63. The molecule has 1 rings (SSSR count). The Morgan fingerprint density at radius 1 is 1.09 bits per heavy atom. The van der Waals surface area contributed by atoms with E-state index in [9.17, 15) is 9.36 Å². The van der Waals surface area contributed by atoms with Crippen molar-refractivity contribution in [1.29, 1.82) is 0 Å². The van der Waals surface area contributed by atoms with Gasteiger partial charge >= 0.3 is 13.6 Å². The second-order valence-electron chi connectivity index (χ2n) is 5.22. The lowest BCUT2D eigenvalue weighted by molar-refractivity contribution is -0.143. The van der Waals surface area contributed by atoms with Crippen LogP contribution in [-0.4, -0.2) is 31.4 Å². The highest BCUT2D eigenvalue weighted by molar-refractivity contribution is 7.55. The second-order valence-corrected chi connectivity index (χ2v) is 7.37. The third-order valence-electron chi connectivity index (χ3n) is 3.64. The molecule has 5 nitrogen and oxygen atoms in total. The van der Waals surface area contributed by atoms with Crippen molar-refractivity contribution in [2.24, 2.45) is 0 Å². The number of benzene rings is 1. The molecule has 23 heavy (non-hydrogen) atoms. The maximum Gasteiger partial charge on any atom is 0.345 e. The fourth-order valence-electron chi connectivity index (χ4n) is 2.66. The zero-order chi connectivity index (χ0) is 17.5. The first-order chi connectivity index (χ1) is 10.9. The number of carbonyl (C=O) groups is 1. The summed E-state index contributed by atoms with van der Waals surface area (Å²) >= 11 is 0. The zero-order valence-corrected chi connectivity index (χ0v) is 15.5. The van der Waals surface area contributed by atoms with E-state index in [1.165, 1.54) is 0 Å². The maximum absolute atomic E-state index is 13.2. The molecule has 2 atom stereocenters. The highest BCUT2D eigenvalue weighted by atomic mass is 31.2. The minimum Gasteiger partial charge on any atom is -0.465 e. The van der Waals surface area contributed by atoms with E-state index in [-0.39, 0.29) is 25.7 Å². The van der Waals surface area contributed by atoms with Gasteiger partial charge in [0.15, 0.2) is 5.66 Å². The fraction of sp³-hybridized carbons (Fsp3) is 0.588. The summed E-state index contributed by atoms with van der Waals surface area (Å²) in [5.74, 6) is -0.896. The fourth-order valence-corrected chi connectivity index (χ4v) is 4.82. The molecule has 0 aliphatic carbocycles. The van der Waals surface area contributed by atoms with E-state index in [0.717, 1.165) is 11.1 Å². The number of ether oxygens (including phenoxy) is 1. The van der Waals surface area contributed by atoms with Crippen LogP contribution in [0, 0.1) is 6.92 Å². The monoisotopic (exact) mass is 342 g/mol. The van der Waals surface area contributed by atoms with Crippen LogP contribution < -0.4 is 0 Å². The van der Waals surface area contributed by atoms with E-state index < -0.39 is 19.2 Å². The zero-order valence-electron chi connectivity index (χ0n) is 14.6. The molecule has 2 unspecified atom stereocenters. The molecule has 130 valence electrons. The summed E-state index contributed by atoms with van der Waals surface area (Å²) in [6, 6.07) is 7.71. The highest BCUT2D eigenvalue weighted by Crippen LogP contribution is 2.57. The molecule has 0 aliphatic rings. The van der Waals surface area contributed by atoms with Gasteiger partial charge in [-0.05, 0) is 38.8 Å². The van der Waals surface area contributed by atoms with Crippen LogP contribution in [0.2, 0.25) is 0 Å². The maximum atomic E-state index is 13.2. The number of carbonyl (C=O) groups excluding carboxylic acids is 1. The van der Waals surface area contributed by atoms with Gasteiger partial charge in [-0.15, -0.1) is 0 Å². The Morgan fingerprint density at radius 2 is 1.65 bits per heavy atom. The Hall–Kier alpha value is -1.16. The molecule has 1 aromatic carbocycles. The van der Waals surface area contributed by atoms with Crippen molar-refractivity contribution in [3.05, 3.63) is 35.4 Å². The lowest BCUT2D eigenvalue weighted by Gasteiger charge is -2.29. The Labute approximate surface area is 138 Å². The lowest BCUT2D eigenvalue weighted by Crippen LogP contribution is -2.31. The molecule has 0 saturated heterocycles. The van der Waals surface area contributed by atoms with Crippen LogP contribution >= 0.6 is 7.60 Å². The minimum atomic E-state index is -3.63. The first-order valence-corrected chi connectivity index (χ1v) is 9.63. The Balaban J connectivity index is 3.31. The molecule has 0 bridgehead atoms. The molecule has 0 aromatic heterocycles. The molecule has 0 amide bonds. The smallest absolute Gasteiger partial charge is 0.345 e. The summed E-state index contributed by atoms with van der Waals surface area (Å²) in [4.78, 5) is 12.5. The van der Waals surface area contributed by atoms with E-state index in [0.29, 0.717) is 0 Å². The summed E-state index contributed by atoms with van der Waals surface area (Å²) in [5.41, 5.74) is 0.975. The summed E-state index contributed by atoms with van der Waals surface area (Å²) < 4.78 is 29.2. The van der Waals surface area contributed by atoms with Gasteiger partial charge in [-0.2, -0.15) is 0 Å². The average Bonchev–Trinajstić information content (AvgIpc) is 2.48. The van der Waals surface area contributed by atoms with Crippen LogP contribution in [0.3, 0.4) is 0 Å². The molecule has 0 saturated carbocycles. The summed E-state index contributed by atoms with van der Waals surface area (Å²) in [6.45, 7) is 9.61. The van der Waals surface area contributed by atoms with Gasteiger partial charge < -0.3 is 13.8 Å². The first-order valence-electron chi connectivity index (χ1n) is 8.02. The van der Waals surface area contributed by atoms with Crippen LogP contribution in [0.1, 0.15) is 44.7 Å². The van der Waals surface area contributed by atoms with Crippen molar-refractivity contribution in [3.63, 3.8) is 0 Å². The molecular formula is C17H27O5P. The number of aryl methyl sites for hydroxylation is 1. The molecule has 0 aliphatic heterocycles. The van der Waals surface area contributed by atoms with Crippen molar-refractivity contribution in [2.75, 3.05) is 19.8 Å². The lowest BCUT2D eigenvalue weighted by atomic mass is 9.93. The second kappa shape index (κ2) is 9.21. The number of hydrogen-bond donors (Lipinski definition) is 0. The summed E-state index contributed by atoms with van der Waals surface area (Å²) in [5, 5.41) is 0. The van der Waals surface area contributed by atoms with E-state index in [1.807, 2.05) is 38.1 Å². The Morgan fingerprint density at radius 3 is 2.13 bits per heavy atom. The van der Waals surface area contributed by atoms with E-state index >= 15 is 0 Å². The topological polar surface area (TPSA) is 61.8 Å². The molecule has 0 radical (unpaired) electrons. The van der Waals surface area contributed by atoms with Gasteiger partial charge in [-0.1, -0.05) is 31.2 Å². The molecule has 0 heterocycles. The van der Waals surface area contributed by atoms with Crippen LogP contribution in [0.25, 0.3) is 0 Å². The van der Waals surface area contributed by atoms with Crippen molar-refractivity contribution < 1.29 is 23.1 Å². The van der Waals surface area contributed by atoms with Gasteiger partial charge in [0.1, 0.15) is 0 Å². The van der Waals surface area contributed by atoms with E-state index in [2.05, 4.69) is 0 Å². The van der Waals surface area contributed by atoms with Crippen molar-refractivity contribution in [1.82, 2.24) is 0 Å². The van der Waals surface area contributed by atoms with E-state index in [1.54, 1.807) is 20.8 Å². The molecular weight excluding hydrogens is 315 g/mol. The summed E-state index contributed by atoms with van der Waals surface area (Å²) in [6.07, 6.45) is 0. The SMILES string of the molecule is CCOC(=O)C(C(C)c1ccccc1C)P(=O)(OCC)OCC. The van der Waals surface area contributed by atoms with Crippen LogP contribution in [-0.2, 0) is 23.1 Å². The van der Waals surface area contributed by atoms with Gasteiger partial charge in [-0.3, -0.25) is 9.36 Å². The average molecular weight is 342 g/mol. The van der Waals surface area contributed by atoms with Gasteiger partial charge in [0, 0.05) is 5.92 Å². The van der Waals surface area contributed by atoms with Crippen molar-refractivity contribution >= 4 is 13.6 Å². The molecule has 0 N–H and O–H groups in total. The normalized spacial score (nSPS) is 14.3. The standard InChI is InChI=1S/C17H27O5P/c1-6-20-17(18)16(23(19,21-7-2)22-8-3)14(5)15-12-10-9-11-13(15)4/h9-12,14,16H,6-8H2,1-5H3. The predicted octanol–water partition coefficient (Wildman–Crippen LogP) is 4.30. The molecule has 6 heteroatoms. The van der Waals surface area contributed by atoms with Crippen LogP contribution in [0.4, 0.5) is 0 Å². The van der Waals surface area contributed by atoms with E-state index in [4.69, 9.17) is 13.8 Å². The Bertz CT molecular complexity index is 548. The van der Waals surface area contributed by atoms with Gasteiger partial charge in [0.05, 0.1) is 19.8 Å². The minimum absolute atomic E-state index is 0.202. The van der Waals surface area contributed by atoms with Crippen molar-refractivity contribution in [2.45, 2.75) is 46.2 Å². The van der Waals surface area contributed by atoms with Crippen molar-refractivity contribution in [3.8, 4) is 0 Å². The number of rotatable bonds is 9. The first kappa shape index (κ1) is 19.9. The third-order valence-corrected chi connectivity index (χ3v) is 6.22. The molecule has 0 spiro atoms. The quantitative estimate of drug-likeness (QED) is 0.495. The largest absolute Gasteiger partial charge is 0.465 e. The van der Waals surface area contributed by atoms with Gasteiger partial charge in [-0.25, -0.2) is 0 Å². The number of hydrogen-bond acceptors (Lipinski definition) is 5.